The van der Waals surface area contributed by atoms with E-state index in [0.29, 0.717) is 12.2 Å². The number of nitrogens with one attached hydrogen (secondary N) is 1. The minimum absolute atomic E-state index is 0.0704. The highest BCUT2D eigenvalue weighted by atomic mass is 32.2. The monoisotopic (exact) mass is 507 g/mol. The van der Waals surface area contributed by atoms with Crippen molar-refractivity contribution in [2.24, 2.45) is 0 Å². The van der Waals surface area contributed by atoms with Crippen LogP contribution in [-0.4, -0.2) is 39.4 Å². The number of amides is 1. The molecule has 3 N–H and O–H groups in total. The number of hydrogen-bond donors (Lipinski definition) is 3. The minimum atomic E-state index is -4.14. The van der Waals surface area contributed by atoms with Gasteiger partial charge >= 0.3 is 7.60 Å². The predicted octanol–water partition coefficient (Wildman–Crippen LogP) is 7.83. The van der Waals surface area contributed by atoms with Crippen LogP contribution in [0.3, 0.4) is 0 Å². The third-order valence-corrected chi connectivity index (χ3v) is 8.17. The van der Waals surface area contributed by atoms with Crippen LogP contribution >= 0.6 is 19.4 Å². The first-order chi connectivity index (χ1) is 15.9. The van der Waals surface area contributed by atoms with Gasteiger partial charge in [-0.1, -0.05) is 117 Å². The molecular formula is C26H54NO4PS. The van der Waals surface area contributed by atoms with Crippen LogP contribution in [0.2, 0.25) is 0 Å². The van der Waals surface area contributed by atoms with Gasteiger partial charge in [-0.3, -0.25) is 9.36 Å². The lowest BCUT2D eigenvalue weighted by atomic mass is 10.1. The van der Waals surface area contributed by atoms with Gasteiger partial charge in [0.1, 0.15) is 0 Å². The van der Waals surface area contributed by atoms with Crippen LogP contribution in [0.4, 0.5) is 0 Å². The van der Waals surface area contributed by atoms with Crippen molar-refractivity contribution in [3.8, 4) is 0 Å². The fraction of sp³-hybridized carbons (Fsp3) is 0.962. The second-order valence-corrected chi connectivity index (χ2v) is 12.4. The second kappa shape index (κ2) is 23.7. The molecule has 5 nitrogen and oxygen atoms in total. The lowest BCUT2D eigenvalue weighted by Crippen LogP contribution is -2.39. The molecule has 1 unspecified atom stereocenters. The largest absolute Gasteiger partial charge is 0.352 e. The Hall–Kier alpha value is -0.0300. The van der Waals surface area contributed by atoms with E-state index in [2.05, 4.69) is 19.2 Å². The maximum atomic E-state index is 12.3. The SMILES string of the molecule is CCCCCCCCCCCCSCC(CP(=O)(O)O)NC(=O)CCCCCCCCCC. The summed E-state index contributed by atoms with van der Waals surface area (Å²) >= 11 is 1.70. The van der Waals surface area contributed by atoms with Crippen molar-refractivity contribution in [2.45, 2.75) is 142 Å². The molecule has 0 saturated carbocycles. The maximum Gasteiger partial charge on any atom is 0.327 e. The van der Waals surface area contributed by atoms with Crippen LogP contribution in [-0.2, 0) is 9.36 Å². The van der Waals surface area contributed by atoms with Crippen LogP contribution in [0.5, 0.6) is 0 Å². The van der Waals surface area contributed by atoms with E-state index >= 15 is 0 Å². The smallest absolute Gasteiger partial charge is 0.327 e. The van der Waals surface area contributed by atoms with Crippen LogP contribution in [0.15, 0.2) is 0 Å². The van der Waals surface area contributed by atoms with Crippen molar-refractivity contribution in [3.63, 3.8) is 0 Å². The van der Waals surface area contributed by atoms with Crippen LogP contribution in [0.25, 0.3) is 0 Å². The molecule has 0 aliphatic carbocycles. The van der Waals surface area contributed by atoms with E-state index in [1.54, 1.807) is 11.8 Å². The zero-order chi connectivity index (χ0) is 24.6. The fourth-order valence-corrected chi connectivity index (χ4v) is 6.09. The molecule has 0 rings (SSSR count). The highest BCUT2D eigenvalue weighted by Gasteiger charge is 2.23. The molecule has 0 aromatic carbocycles. The Morgan fingerprint density at radius 3 is 1.61 bits per heavy atom. The van der Waals surface area contributed by atoms with Gasteiger partial charge in [0.05, 0.1) is 6.16 Å². The maximum absolute atomic E-state index is 12.3. The first kappa shape index (κ1) is 33.0. The summed E-state index contributed by atoms with van der Waals surface area (Å²) in [5, 5.41) is 2.88. The number of rotatable bonds is 25. The molecule has 0 aliphatic rings. The van der Waals surface area contributed by atoms with E-state index in [1.807, 2.05) is 0 Å². The number of thioether (sulfide) groups is 1. The van der Waals surface area contributed by atoms with Gasteiger partial charge in [-0.25, -0.2) is 0 Å². The first-order valence-electron chi connectivity index (χ1n) is 13.8. The van der Waals surface area contributed by atoms with Gasteiger partial charge in [0, 0.05) is 18.2 Å². The minimum Gasteiger partial charge on any atom is -0.352 e. The lowest BCUT2D eigenvalue weighted by molar-refractivity contribution is -0.121. The molecule has 0 saturated heterocycles. The Balaban J connectivity index is 3.85. The van der Waals surface area contributed by atoms with Gasteiger partial charge in [-0.15, -0.1) is 0 Å². The van der Waals surface area contributed by atoms with Crippen molar-refractivity contribution in [2.75, 3.05) is 17.7 Å². The molecule has 0 radical (unpaired) electrons. The summed E-state index contributed by atoms with van der Waals surface area (Å²) in [6.45, 7) is 4.47. The summed E-state index contributed by atoms with van der Waals surface area (Å²) in [5.74, 6) is 1.49. The number of carbonyl (C=O) groups is 1. The Morgan fingerprint density at radius 2 is 1.15 bits per heavy atom. The highest BCUT2D eigenvalue weighted by molar-refractivity contribution is 7.99. The van der Waals surface area contributed by atoms with Crippen molar-refractivity contribution in [1.29, 1.82) is 0 Å². The molecule has 0 aliphatic heterocycles. The van der Waals surface area contributed by atoms with Crippen molar-refractivity contribution in [1.82, 2.24) is 5.32 Å². The summed E-state index contributed by atoms with van der Waals surface area (Å²) in [4.78, 5) is 31.0. The molecule has 0 fully saturated rings. The third kappa shape index (κ3) is 26.4. The fourth-order valence-electron chi connectivity index (χ4n) is 4.06. The molecule has 0 aromatic heterocycles. The summed E-state index contributed by atoms with van der Waals surface area (Å²) in [6, 6.07) is -0.444. The molecule has 0 heterocycles. The van der Waals surface area contributed by atoms with E-state index in [-0.39, 0.29) is 12.1 Å². The van der Waals surface area contributed by atoms with Crippen molar-refractivity contribution in [3.05, 3.63) is 0 Å². The summed E-state index contributed by atoms with van der Waals surface area (Å²) < 4.78 is 11.5. The van der Waals surface area contributed by atoms with Gasteiger partial charge in [0.2, 0.25) is 5.91 Å². The van der Waals surface area contributed by atoms with Gasteiger partial charge in [0.25, 0.3) is 0 Å². The average molecular weight is 508 g/mol. The molecule has 0 aromatic rings. The number of carbonyl (C=O) groups excluding carboxylic acids is 1. The third-order valence-electron chi connectivity index (χ3n) is 6.04. The quantitative estimate of drug-likeness (QED) is 0.0865. The van der Waals surface area contributed by atoms with E-state index in [4.69, 9.17) is 0 Å². The van der Waals surface area contributed by atoms with E-state index in [9.17, 15) is 19.1 Å². The Labute approximate surface area is 209 Å². The van der Waals surface area contributed by atoms with Gasteiger partial charge < -0.3 is 15.1 Å². The van der Waals surface area contributed by atoms with Crippen LogP contribution < -0.4 is 5.32 Å². The standard InChI is InChI=1S/C26H54NO4PS/c1-3-5-7-9-11-13-14-16-18-20-22-33-24-25(23-32(29,30)31)27-26(28)21-19-17-15-12-10-8-6-4-2/h25H,3-24H2,1-2H3,(H,27,28)(H2,29,30,31). The van der Waals surface area contributed by atoms with Gasteiger partial charge in [-0.2, -0.15) is 11.8 Å². The van der Waals surface area contributed by atoms with E-state index < -0.39 is 13.6 Å². The topological polar surface area (TPSA) is 86.6 Å². The normalized spacial score (nSPS) is 12.7. The zero-order valence-corrected chi connectivity index (χ0v) is 23.4. The average Bonchev–Trinajstić information content (AvgIpc) is 2.75. The lowest BCUT2D eigenvalue weighted by Gasteiger charge is -2.19. The first-order valence-corrected chi connectivity index (χ1v) is 16.8. The highest BCUT2D eigenvalue weighted by Crippen LogP contribution is 2.35. The number of unbranched alkanes of at least 4 members (excludes halogenated alkanes) is 16. The molecule has 33 heavy (non-hydrogen) atoms. The van der Waals surface area contributed by atoms with E-state index in [0.717, 1.165) is 31.4 Å². The molecule has 7 heteroatoms. The molecule has 0 spiro atoms. The summed E-state index contributed by atoms with van der Waals surface area (Å²) in [6.07, 6.45) is 22.7. The number of hydrogen-bond acceptors (Lipinski definition) is 3. The second-order valence-electron chi connectivity index (χ2n) is 9.59. The summed E-state index contributed by atoms with van der Waals surface area (Å²) in [7, 11) is -4.14. The Bertz CT molecular complexity index is 487. The van der Waals surface area contributed by atoms with Gasteiger partial charge in [-0.05, 0) is 18.6 Å². The predicted molar refractivity (Wildman–Crippen MR) is 145 cm³/mol. The zero-order valence-electron chi connectivity index (χ0n) is 21.7. The van der Waals surface area contributed by atoms with E-state index in [1.165, 1.54) is 89.9 Å². The van der Waals surface area contributed by atoms with Crippen LogP contribution in [0.1, 0.15) is 136 Å². The summed E-state index contributed by atoms with van der Waals surface area (Å²) in [5.41, 5.74) is 0. The van der Waals surface area contributed by atoms with Crippen molar-refractivity contribution >= 4 is 25.3 Å². The Morgan fingerprint density at radius 1 is 0.727 bits per heavy atom. The molecule has 0 bridgehead atoms. The van der Waals surface area contributed by atoms with Crippen molar-refractivity contribution < 1.29 is 19.1 Å². The molecular weight excluding hydrogens is 453 g/mol. The van der Waals surface area contributed by atoms with Gasteiger partial charge in [0.15, 0.2) is 0 Å². The molecule has 1 amide bonds. The Kier molecular flexibility index (Phi) is 23.7. The molecule has 198 valence electrons. The molecule has 1 atom stereocenters. The van der Waals surface area contributed by atoms with Crippen LogP contribution in [0, 0.1) is 0 Å².